The Labute approximate surface area is 101 Å². The number of aliphatic hydroxyl groups excluding tert-OH is 1. The van der Waals surface area contributed by atoms with Crippen LogP contribution >= 0.6 is 0 Å². The van der Waals surface area contributed by atoms with Crippen LogP contribution in [0.1, 0.15) is 64.4 Å². The highest BCUT2D eigenvalue weighted by atomic mass is 16.3. The van der Waals surface area contributed by atoms with Gasteiger partial charge in [0.05, 0.1) is 12.1 Å². The molecule has 0 unspecified atom stereocenters. The quantitative estimate of drug-likeness (QED) is 0.868. The van der Waals surface area contributed by atoms with Gasteiger partial charge in [0, 0.05) is 12.0 Å². The van der Waals surface area contributed by atoms with Crippen LogP contribution in [0.25, 0.3) is 0 Å². The van der Waals surface area contributed by atoms with Gasteiger partial charge in [-0.05, 0) is 26.7 Å². The Morgan fingerprint density at radius 2 is 1.88 bits per heavy atom. The first-order valence-corrected chi connectivity index (χ1v) is 6.30. The van der Waals surface area contributed by atoms with E-state index in [4.69, 9.17) is 0 Å². The van der Waals surface area contributed by atoms with Crippen molar-refractivity contribution in [2.24, 2.45) is 0 Å². The summed E-state index contributed by atoms with van der Waals surface area (Å²) in [5.74, 6) is 1.07. The van der Waals surface area contributed by atoms with Crippen molar-refractivity contribution in [1.29, 1.82) is 0 Å². The second-order valence-corrected chi connectivity index (χ2v) is 5.48. The fourth-order valence-corrected chi connectivity index (χ4v) is 2.29. The van der Waals surface area contributed by atoms with Crippen LogP contribution in [0.15, 0.2) is 4.79 Å². The van der Waals surface area contributed by atoms with Crippen LogP contribution in [-0.4, -0.2) is 25.6 Å². The summed E-state index contributed by atoms with van der Waals surface area (Å²) in [7, 11) is 0. The SMILES string of the molecule is CC(C)c1nn(C2CC(O)C2)c(=O)n1C(C)C. The van der Waals surface area contributed by atoms with Gasteiger partial charge in [-0.1, -0.05) is 13.8 Å². The van der Waals surface area contributed by atoms with Crippen LogP contribution in [-0.2, 0) is 0 Å². The van der Waals surface area contributed by atoms with E-state index in [9.17, 15) is 9.90 Å². The third-order valence-electron chi connectivity index (χ3n) is 3.33. The number of aliphatic hydroxyl groups is 1. The molecule has 1 N–H and O–H groups in total. The van der Waals surface area contributed by atoms with Gasteiger partial charge in [-0.2, -0.15) is 5.10 Å². The van der Waals surface area contributed by atoms with E-state index in [1.54, 1.807) is 9.25 Å². The maximum Gasteiger partial charge on any atom is 0.346 e. The largest absolute Gasteiger partial charge is 0.393 e. The molecule has 1 fully saturated rings. The lowest BCUT2D eigenvalue weighted by Crippen LogP contribution is -2.38. The van der Waals surface area contributed by atoms with Gasteiger partial charge >= 0.3 is 5.69 Å². The van der Waals surface area contributed by atoms with Gasteiger partial charge in [0.15, 0.2) is 0 Å². The minimum absolute atomic E-state index is 0.0411. The Hall–Kier alpha value is -1.10. The lowest BCUT2D eigenvalue weighted by molar-refractivity contribution is 0.0414. The van der Waals surface area contributed by atoms with E-state index in [0.717, 1.165) is 5.82 Å². The molecule has 1 saturated carbocycles. The summed E-state index contributed by atoms with van der Waals surface area (Å²) >= 11 is 0. The molecular weight excluding hydrogens is 218 g/mol. The molecule has 2 rings (SSSR count). The number of rotatable bonds is 3. The zero-order chi connectivity index (χ0) is 12.7. The topological polar surface area (TPSA) is 60.0 Å². The van der Waals surface area contributed by atoms with Crippen molar-refractivity contribution in [2.75, 3.05) is 0 Å². The first-order chi connectivity index (χ1) is 7.91. The summed E-state index contributed by atoms with van der Waals surface area (Å²) in [6, 6.07) is 0.202. The zero-order valence-electron chi connectivity index (χ0n) is 10.9. The summed E-state index contributed by atoms with van der Waals surface area (Å²) < 4.78 is 3.32. The van der Waals surface area contributed by atoms with Crippen molar-refractivity contribution in [3.8, 4) is 0 Å². The summed E-state index contributed by atoms with van der Waals surface area (Å²) in [6.07, 6.45) is 1.03. The fourth-order valence-electron chi connectivity index (χ4n) is 2.29. The molecule has 96 valence electrons. The molecule has 1 heterocycles. The predicted molar refractivity (Wildman–Crippen MR) is 65.2 cm³/mol. The molecule has 0 radical (unpaired) electrons. The summed E-state index contributed by atoms with van der Waals surface area (Å²) in [5, 5.41) is 13.8. The highest BCUT2D eigenvalue weighted by Crippen LogP contribution is 2.31. The molecule has 5 nitrogen and oxygen atoms in total. The monoisotopic (exact) mass is 239 g/mol. The second kappa shape index (κ2) is 4.29. The van der Waals surface area contributed by atoms with E-state index in [1.807, 2.05) is 27.7 Å². The van der Waals surface area contributed by atoms with Gasteiger partial charge in [-0.25, -0.2) is 9.48 Å². The van der Waals surface area contributed by atoms with Crippen LogP contribution in [0.5, 0.6) is 0 Å². The molecule has 0 aliphatic heterocycles. The van der Waals surface area contributed by atoms with Crippen molar-refractivity contribution < 1.29 is 5.11 Å². The predicted octanol–water partition coefficient (Wildman–Crippen LogP) is 1.44. The van der Waals surface area contributed by atoms with E-state index < -0.39 is 0 Å². The van der Waals surface area contributed by atoms with Crippen molar-refractivity contribution in [2.45, 2.75) is 64.6 Å². The fraction of sp³-hybridized carbons (Fsp3) is 0.833. The molecule has 0 amide bonds. The molecule has 0 saturated heterocycles. The van der Waals surface area contributed by atoms with Crippen LogP contribution < -0.4 is 5.69 Å². The van der Waals surface area contributed by atoms with Crippen molar-refractivity contribution in [3.63, 3.8) is 0 Å². The van der Waals surface area contributed by atoms with E-state index in [1.165, 1.54) is 0 Å². The smallest absolute Gasteiger partial charge is 0.346 e. The molecule has 1 aromatic rings. The second-order valence-electron chi connectivity index (χ2n) is 5.48. The van der Waals surface area contributed by atoms with Gasteiger partial charge in [-0.3, -0.25) is 4.57 Å². The zero-order valence-corrected chi connectivity index (χ0v) is 10.9. The van der Waals surface area contributed by atoms with E-state index in [2.05, 4.69) is 5.10 Å². The van der Waals surface area contributed by atoms with E-state index >= 15 is 0 Å². The normalized spacial score (nSPS) is 24.4. The average molecular weight is 239 g/mol. The van der Waals surface area contributed by atoms with Gasteiger partial charge in [0.2, 0.25) is 0 Å². The maximum atomic E-state index is 12.3. The van der Waals surface area contributed by atoms with Crippen LogP contribution in [0, 0.1) is 0 Å². The Balaban J connectivity index is 2.42. The molecule has 1 aliphatic rings. The molecule has 17 heavy (non-hydrogen) atoms. The molecule has 0 spiro atoms. The minimum atomic E-state index is -0.265. The summed E-state index contributed by atoms with van der Waals surface area (Å²) in [4.78, 5) is 12.3. The van der Waals surface area contributed by atoms with Crippen LogP contribution in [0.2, 0.25) is 0 Å². The lowest BCUT2D eigenvalue weighted by Gasteiger charge is -2.30. The van der Waals surface area contributed by atoms with E-state index in [0.29, 0.717) is 12.8 Å². The molecule has 0 aromatic carbocycles. The lowest BCUT2D eigenvalue weighted by atomic mass is 9.90. The number of aromatic nitrogens is 3. The summed E-state index contributed by atoms with van der Waals surface area (Å²) in [6.45, 7) is 8.07. The molecule has 1 aliphatic carbocycles. The minimum Gasteiger partial charge on any atom is -0.393 e. The molecular formula is C12H21N3O2. The third kappa shape index (κ3) is 2.04. The summed E-state index contributed by atoms with van der Waals surface area (Å²) in [5.41, 5.74) is -0.0411. The number of hydrogen-bond acceptors (Lipinski definition) is 3. The Bertz CT molecular complexity index is 453. The first kappa shape index (κ1) is 12.4. The molecule has 5 heteroatoms. The van der Waals surface area contributed by atoms with Gasteiger partial charge < -0.3 is 5.11 Å². The van der Waals surface area contributed by atoms with Crippen molar-refractivity contribution >= 4 is 0 Å². The standard InChI is InChI=1S/C12H21N3O2/c1-7(2)11-13-15(9-5-10(16)6-9)12(17)14(11)8(3)4/h7-10,16H,5-6H2,1-4H3. The van der Waals surface area contributed by atoms with Crippen molar-refractivity contribution in [1.82, 2.24) is 14.3 Å². The first-order valence-electron chi connectivity index (χ1n) is 6.30. The highest BCUT2D eigenvalue weighted by Gasteiger charge is 2.32. The Morgan fingerprint density at radius 1 is 1.29 bits per heavy atom. The van der Waals surface area contributed by atoms with Crippen LogP contribution in [0.4, 0.5) is 0 Å². The van der Waals surface area contributed by atoms with Crippen molar-refractivity contribution in [3.05, 3.63) is 16.3 Å². The molecule has 0 bridgehead atoms. The Kier molecular flexibility index (Phi) is 3.12. The average Bonchev–Trinajstić information content (AvgIpc) is 2.51. The highest BCUT2D eigenvalue weighted by molar-refractivity contribution is 4.98. The van der Waals surface area contributed by atoms with E-state index in [-0.39, 0.29) is 29.8 Å². The maximum absolute atomic E-state index is 12.3. The van der Waals surface area contributed by atoms with Gasteiger partial charge in [0.1, 0.15) is 5.82 Å². The van der Waals surface area contributed by atoms with Crippen LogP contribution in [0.3, 0.4) is 0 Å². The third-order valence-corrected chi connectivity index (χ3v) is 3.33. The Morgan fingerprint density at radius 3 is 2.24 bits per heavy atom. The molecule has 0 atom stereocenters. The number of nitrogens with zero attached hydrogens (tertiary/aromatic N) is 3. The number of hydrogen-bond donors (Lipinski definition) is 1. The van der Waals surface area contributed by atoms with Gasteiger partial charge in [0.25, 0.3) is 0 Å². The van der Waals surface area contributed by atoms with Gasteiger partial charge in [-0.15, -0.1) is 0 Å². The molecule has 1 aromatic heterocycles.